The molecule has 3 saturated carbocycles. The maximum absolute atomic E-state index is 14.4. The van der Waals surface area contributed by atoms with Crippen LogP contribution in [0.3, 0.4) is 0 Å². The highest BCUT2D eigenvalue weighted by Crippen LogP contribution is 2.78. The van der Waals surface area contributed by atoms with Crippen molar-refractivity contribution < 1.29 is 21.6 Å². The van der Waals surface area contributed by atoms with Crippen molar-refractivity contribution in [1.29, 1.82) is 0 Å². The lowest BCUT2D eigenvalue weighted by Crippen LogP contribution is -3.00. The summed E-state index contributed by atoms with van der Waals surface area (Å²) in [5.41, 5.74) is 3.96. The Balaban J connectivity index is 0.00000462. The van der Waals surface area contributed by atoms with Crippen LogP contribution in [-0.2, 0) is 9.22 Å². The molecule has 1 atom stereocenters. The van der Waals surface area contributed by atoms with Gasteiger partial charge in [-0.15, -0.1) is 0 Å². The van der Waals surface area contributed by atoms with E-state index < -0.39 is 15.6 Å². The fourth-order valence-electron chi connectivity index (χ4n) is 8.85. The first kappa shape index (κ1) is 34.9. The minimum atomic E-state index is -2.00. The molecule has 2 nitrogen and oxygen atoms in total. The Kier molecular flexibility index (Phi) is 15.0. The molecular weight excluding hydrogens is 559 g/mol. The second kappa shape index (κ2) is 17.6. The summed E-state index contributed by atoms with van der Waals surface area (Å²) < 4.78 is 6.74. The molecule has 0 N–H and O–H groups in total. The van der Waals surface area contributed by atoms with Gasteiger partial charge in [0.1, 0.15) is 0 Å². The lowest BCUT2D eigenvalue weighted by atomic mass is 9.98. The van der Waals surface area contributed by atoms with Gasteiger partial charge in [0.25, 0.3) is 14.3 Å². The summed E-state index contributed by atoms with van der Waals surface area (Å²) in [4.78, 5) is 14.4. The molecule has 0 heterocycles. The molecule has 1 aromatic carbocycles. The largest absolute Gasteiger partial charge is 1.00 e. The second-order valence-electron chi connectivity index (χ2n) is 13.5. The highest BCUT2D eigenvalue weighted by Gasteiger charge is 2.58. The smallest absolute Gasteiger partial charge is 0.299 e. The standard InChI is InChI=1S/C36H60O2PSi.ClH/c1-4-40(5-2,6-3)38-36(37)32(23-19-22-31-20-11-7-12-21-31)30-39(33-24-13-8-14-25-33,34-26-15-9-16-27-34)35-28-17-10-18-29-35;/h7,11-12,19-22,32-35H,4-6,8-10,13-18,23-30H2,1-3H3;1H/q+1;/p-1/b22-19+;. The van der Waals surface area contributed by atoms with E-state index in [4.69, 9.17) is 4.43 Å². The molecule has 41 heavy (non-hydrogen) atoms. The van der Waals surface area contributed by atoms with Gasteiger partial charge in [-0.3, -0.25) is 4.79 Å². The number of rotatable bonds is 13. The quantitative estimate of drug-likeness (QED) is 0.164. The predicted octanol–water partition coefficient (Wildman–Crippen LogP) is 8.27. The Labute approximate surface area is 261 Å². The number of carbonyl (C=O) groups is 1. The van der Waals surface area contributed by atoms with Gasteiger partial charge in [0.2, 0.25) is 0 Å². The van der Waals surface area contributed by atoms with Crippen LogP contribution in [0, 0.1) is 5.92 Å². The van der Waals surface area contributed by atoms with Crippen molar-refractivity contribution in [2.45, 2.75) is 159 Å². The van der Waals surface area contributed by atoms with Crippen molar-refractivity contribution in [3.05, 3.63) is 42.0 Å². The van der Waals surface area contributed by atoms with Crippen LogP contribution < -0.4 is 12.4 Å². The third-order valence-corrected chi connectivity index (χ3v) is 22.6. The normalized spacial score (nSPS) is 21.0. The Morgan fingerprint density at radius 2 is 1.22 bits per heavy atom. The number of halogens is 1. The molecule has 4 rings (SSSR count). The predicted molar refractivity (Wildman–Crippen MR) is 179 cm³/mol. The molecular formula is C36H60ClO2PSi. The van der Waals surface area contributed by atoms with E-state index >= 15 is 0 Å². The molecule has 0 radical (unpaired) electrons. The summed E-state index contributed by atoms with van der Waals surface area (Å²) in [7, 11) is -3.36. The third-order valence-electron chi connectivity index (χ3n) is 11.4. The zero-order valence-corrected chi connectivity index (χ0v) is 29.3. The maximum atomic E-state index is 14.4. The van der Waals surface area contributed by atoms with Crippen LogP contribution >= 0.6 is 7.26 Å². The first-order valence-electron chi connectivity index (χ1n) is 17.4. The van der Waals surface area contributed by atoms with E-state index in [1.165, 1.54) is 108 Å². The van der Waals surface area contributed by atoms with Gasteiger partial charge in [-0.05, 0) is 107 Å². The van der Waals surface area contributed by atoms with Crippen molar-refractivity contribution in [3.63, 3.8) is 0 Å². The summed E-state index contributed by atoms with van der Waals surface area (Å²) in [6, 6.07) is 13.8. The molecule has 3 aliphatic carbocycles. The van der Waals surface area contributed by atoms with E-state index in [1.807, 2.05) is 0 Å². The van der Waals surface area contributed by atoms with Crippen molar-refractivity contribution in [1.82, 2.24) is 0 Å². The molecule has 5 heteroatoms. The SMILES string of the molecule is CC[Si](CC)(CC)OC(=O)C(C/C=C/c1ccccc1)C[P+](C1CCCCC1)(C1CCCCC1)C1CCCCC1.[Cl-]. The Bertz CT molecular complexity index is 846. The van der Waals surface area contributed by atoms with E-state index in [0.29, 0.717) is 0 Å². The van der Waals surface area contributed by atoms with Gasteiger partial charge in [0.05, 0.1) is 29.1 Å². The summed E-state index contributed by atoms with van der Waals surface area (Å²) in [5.74, 6) is 0.220. The molecule has 1 aromatic rings. The van der Waals surface area contributed by atoms with E-state index in [1.54, 1.807) is 0 Å². The zero-order chi connectivity index (χ0) is 28.3. The molecule has 3 fully saturated rings. The molecule has 0 amide bonds. The highest BCUT2D eigenvalue weighted by molar-refractivity contribution is 7.78. The second-order valence-corrected chi connectivity index (χ2v) is 22.7. The average molecular weight is 619 g/mol. The van der Waals surface area contributed by atoms with Crippen molar-refractivity contribution in [3.8, 4) is 0 Å². The summed E-state index contributed by atoms with van der Waals surface area (Å²) in [6.07, 6.45) is 28.1. The van der Waals surface area contributed by atoms with Crippen molar-refractivity contribution in [2.24, 2.45) is 5.92 Å². The van der Waals surface area contributed by atoms with Crippen LogP contribution in [-0.4, -0.2) is 37.4 Å². The topological polar surface area (TPSA) is 26.3 Å². The van der Waals surface area contributed by atoms with Crippen molar-refractivity contribution in [2.75, 3.05) is 6.16 Å². The average Bonchev–Trinajstić information content (AvgIpc) is 3.03. The Hall–Kier alpha value is -0.633. The Morgan fingerprint density at radius 3 is 1.63 bits per heavy atom. The minimum absolute atomic E-state index is 0. The number of hydrogen-bond acceptors (Lipinski definition) is 2. The first-order valence-corrected chi connectivity index (χ1v) is 22.1. The number of hydrogen-bond donors (Lipinski definition) is 0. The van der Waals surface area contributed by atoms with Gasteiger partial charge in [-0.1, -0.05) is 82.5 Å². The zero-order valence-electron chi connectivity index (χ0n) is 26.6. The lowest BCUT2D eigenvalue weighted by Gasteiger charge is -2.50. The van der Waals surface area contributed by atoms with Gasteiger partial charge in [-0.25, -0.2) is 0 Å². The van der Waals surface area contributed by atoms with E-state index in [-0.39, 0.29) is 24.3 Å². The highest BCUT2D eigenvalue weighted by atomic mass is 35.5. The fourth-order valence-corrected chi connectivity index (χ4v) is 19.1. The molecule has 0 saturated heterocycles. The van der Waals surface area contributed by atoms with Crippen LogP contribution in [0.2, 0.25) is 18.1 Å². The van der Waals surface area contributed by atoms with Gasteiger partial charge in [-0.2, -0.15) is 0 Å². The van der Waals surface area contributed by atoms with Gasteiger partial charge in [0.15, 0.2) is 0 Å². The van der Waals surface area contributed by atoms with Crippen LogP contribution in [0.5, 0.6) is 0 Å². The molecule has 1 unspecified atom stereocenters. The molecule has 0 bridgehead atoms. The third kappa shape index (κ3) is 8.95. The summed E-state index contributed by atoms with van der Waals surface area (Å²) in [5, 5.41) is 0. The van der Waals surface area contributed by atoms with Crippen LogP contribution in [0.1, 0.15) is 129 Å². The van der Waals surface area contributed by atoms with Crippen LogP contribution in [0.15, 0.2) is 36.4 Å². The monoisotopic (exact) mass is 618 g/mol. The van der Waals surface area contributed by atoms with Gasteiger partial charge < -0.3 is 16.8 Å². The first-order chi connectivity index (χ1) is 19.6. The van der Waals surface area contributed by atoms with E-state index in [2.05, 4.69) is 63.3 Å². The summed E-state index contributed by atoms with van der Waals surface area (Å²) >= 11 is 0. The number of benzene rings is 1. The van der Waals surface area contributed by atoms with Gasteiger partial charge >= 0.3 is 0 Å². The minimum Gasteiger partial charge on any atom is -1.00 e. The lowest BCUT2D eigenvalue weighted by molar-refractivity contribution is -0.139. The van der Waals surface area contributed by atoms with Crippen molar-refractivity contribution >= 4 is 27.6 Å². The molecule has 0 aromatic heterocycles. The van der Waals surface area contributed by atoms with E-state index in [0.717, 1.165) is 41.5 Å². The van der Waals surface area contributed by atoms with E-state index in [9.17, 15) is 4.79 Å². The molecule has 0 spiro atoms. The Morgan fingerprint density at radius 1 is 0.780 bits per heavy atom. The summed E-state index contributed by atoms with van der Waals surface area (Å²) in [6.45, 7) is 6.79. The number of carbonyl (C=O) groups excluding carboxylic acids is 1. The maximum Gasteiger partial charge on any atom is 0.299 e. The van der Waals surface area contributed by atoms with Gasteiger partial charge in [0, 0.05) is 7.26 Å². The molecule has 3 aliphatic rings. The molecule has 0 aliphatic heterocycles. The number of allylic oxidation sites excluding steroid dienone is 1. The van der Waals surface area contributed by atoms with Crippen LogP contribution in [0.25, 0.3) is 6.08 Å². The van der Waals surface area contributed by atoms with Crippen LogP contribution in [0.4, 0.5) is 0 Å². The fraction of sp³-hybridized carbons (Fsp3) is 0.750. The molecule has 232 valence electrons.